The van der Waals surface area contributed by atoms with Gasteiger partial charge in [0.25, 0.3) is 0 Å². The number of nitrogens with zero attached hydrogens (tertiary/aromatic N) is 1. The number of hydrogen-bond acceptors (Lipinski definition) is 2. The third kappa shape index (κ3) is 3.94. The van der Waals surface area contributed by atoms with Crippen LogP contribution < -0.4 is 0 Å². The first-order chi connectivity index (χ1) is 9.05. The van der Waals surface area contributed by atoms with E-state index in [9.17, 15) is 14.7 Å². The van der Waals surface area contributed by atoms with Crippen LogP contribution in [0.1, 0.15) is 39.5 Å². The summed E-state index contributed by atoms with van der Waals surface area (Å²) in [5, 5.41) is 9.39. The van der Waals surface area contributed by atoms with Crippen molar-refractivity contribution in [2.75, 3.05) is 13.1 Å². The molecule has 0 saturated carbocycles. The van der Waals surface area contributed by atoms with Crippen molar-refractivity contribution in [2.45, 2.75) is 39.5 Å². The van der Waals surface area contributed by atoms with E-state index in [1.54, 1.807) is 17.1 Å². The van der Waals surface area contributed by atoms with Gasteiger partial charge in [0.15, 0.2) is 0 Å². The number of hydrogen-bond donors (Lipinski definition) is 1. The molecule has 1 fully saturated rings. The third-order valence-corrected chi connectivity index (χ3v) is 3.76. The van der Waals surface area contributed by atoms with E-state index < -0.39 is 11.4 Å². The Bertz CT molecular complexity index is 377. The predicted octanol–water partition coefficient (Wildman–Crippen LogP) is 2.61. The standard InChI is InChI=1S/C15H23NO3/c1-3-5-6-7-13(17)16-11-9-15(8-4-2,10-12-16)14(18)19/h3,5-7H,4,8-12H2,1-2H3,(H,18,19)/b5-3+,7-6+. The van der Waals surface area contributed by atoms with Gasteiger partial charge in [0.2, 0.25) is 5.91 Å². The largest absolute Gasteiger partial charge is 0.481 e. The molecule has 0 aromatic heterocycles. The Kier molecular flexibility index (Phi) is 5.80. The number of allylic oxidation sites excluding steroid dienone is 3. The molecule has 0 aromatic carbocycles. The van der Waals surface area contributed by atoms with E-state index in [0.29, 0.717) is 32.4 Å². The highest BCUT2D eigenvalue weighted by Crippen LogP contribution is 2.36. The Hall–Kier alpha value is -1.58. The highest BCUT2D eigenvalue weighted by atomic mass is 16.4. The van der Waals surface area contributed by atoms with Crippen LogP contribution >= 0.6 is 0 Å². The minimum absolute atomic E-state index is 0.0337. The molecule has 1 saturated heterocycles. The lowest BCUT2D eigenvalue weighted by molar-refractivity contribution is -0.154. The van der Waals surface area contributed by atoms with E-state index in [1.165, 1.54) is 6.08 Å². The highest BCUT2D eigenvalue weighted by molar-refractivity contribution is 5.88. The van der Waals surface area contributed by atoms with Crippen LogP contribution in [0.5, 0.6) is 0 Å². The Morgan fingerprint density at radius 2 is 1.89 bits per heavy atom. The van der Waals surface area contributed by atoms with Gasteiger partial charge in [0.1, 0.15) is 0 Å². The molecule has 0 radical (unpaired) electrons. The summed E-state index contributed by atoms with van der Waals surface area (Å²) < 4.78 is 0. The van der Waals surface area contributed by atoms with Gasteiger partial charge in [-0.1, -0.05) is 31.6 Å². The molecule has 0 aliphatic carbocycles. The lowest BCUT2D eigenvalue weighted by Gasteiger charge is -2.38. The van der Waals surface area contributed by atoms with Gasteiger partial charge in [-0.15, -0.1) is 0 Å². The Balaban J connectivity index is 2.60. The van der Waals surface area contributed by atoms with Gasteiger partial charge in [-0.05, 0) is 26.2 Å². The first kappa shape index (κ1) is 15.5. The molecule has 0 aromatic rings. The van der Waals surface area contributed by atoms with Crippen LogP contribution in [0.15, 0.2) is 24.3 Å². The predicted molar refractivity (Wildman–Crippen MR) is 74.7 cm³/mol. The minimum atomic E-state index is -0.717. The molecule has 19 heavy (non-hydrogen) atoms. The summed E-state index contributed by atoms with van der Waals surface area (Å²) in [6, 6.07) is 0. The van der Waals surface area contributed by atoms with Crippen LogP contribution in [0.4, 0.5) is 0 Å². The smallest absolute Gasteiger partial charge is 0.309 e. The maximum absolute atomic E-state index is 11.9. The van der Waals surface area contributed by atoms with Crippen LogP contribution in [0.2, 0.25) is 0 Å². The van der Waals surface area contributed by atoms with Gasteiger partial charge in [0, 0.05) is 19.2 Å². The van der Waals surface area contributed by atoms with E-state index in [1.807, 2.05) is 19.9 Å². The quantitative estimate of drug-likeness (QED) is 0.614. The molecule has 1 N–H and O–H groups in total. The lowest BCUT2D eigenvalue weighted by Crippen LogP contribution is -2.46. The summed E-state index contributed by atoms with van der Waals surface area (Å²) in [6.07, 6.45) is 9.58. The Morgan fingerprint density at radius 1 is 1.26 bits per heavy atom. The summed E-state index contributed by atoms with van der Waals surface area (Å²) in [7, 11) is 0. The van der Waals surface area contributed by atoms with Gasteiger partial charge in [-0.25, -0.2) is 0 Å². The summed E-state index contributed by atoms with van der Waals surface area (Å²) >= 11 is 0. The summed E-state index contributed by atoms with van der Waals surface area (Å²) in [5.74, 6) is -0.750. The molecule has 0 spiro atoms. The maximum atomic E-state index is 11.9. The third-order valence-electron chi connectivity index (χ3n) is 3.76. The van der Waals surface area contributed by atoms with Crippen molar-refractivity contribution in [3.05, 3.63) is 24.3 Å². The summed E-state index contributed by atoms with van der Waals surface area (Å²) in [5.41, 5.74) is -0.626. The van der Waals surface area contributed by atoms with Crippen molar-refractivity contribution in [1.29, 1.82) is 0 Å². The highest BCUT2D eigenvalue weighted by Gasteiger charge is 2.41. The molecule has 0 bridgehead atoms. The van der Waals surface area contributed by atoms with Gasteiger partial charge >= 0.3 is 5.97 Å². The Morgan fingerprint density at radius 3 is 2.37 bits per heavy atom. The molecule has 1 amide bonds. The average Bonchev–Trinajstić information content (AvgIpc) is 2.40. The van der Waals surface area contributed by atoms with Gasteiger partial charge < -0.3 is 10.0 Å². The van der Waals surface area contributed by atoms with Gasteiger partial charge in [-0.3, -0.25) is 9.59 Å². The van der Waals surface area contributed by atoms with Crippen LogP contribution in [0, 0.1) is 5.41 Å². The minimum Gasteiger partial charge on any atom is -0.481 e. The van der Waals surface area contributed by atoms with E-state index in [0.717, 1.165) is 6.42 Å². The first-order valence-corrected chi connectivity index (χ1v) is 6.87. The zero-order valence-corrected chi connectivity index (χ0v) is 11.8. The molecule has 0 atom stereocenters. The van der Waals surface area contributed by atoms with Crippen molar-refractivity contribution < 1.29 is 14.7 Å². The monoisotopic (exact) mass is 265 g/mol. The van der Waals surface area contributed by atoms with Crippen LogP contribution in [-0.2, 0) is 9.59 Å². The molecule has 1 aliphatic rings. The fourth-order valence-electron chi connectivity index (χ4n) is 2.56. The molecular formula is C15H23NO3. The molecule has 106 valence electrons. The van der Waals surface area contributed by atoms with Crippen LogP contribution in [0.3, 0.4) is 0 Å². The maximum Gasteiger partial charge on any atom is 0.309 e. The van der Waals surface area contributed by atoms with Crippen molar-refractivity contribution in [2.24, 2.45) is 5.41 Å². The topological polar surface area (TPSA) is 57.6 Å². The number of piperidine rings is 1. The number of carboxylic acid groups (broad SMARTS) is 1. The number of rotatable bonds is 5. The van der Waals surface area contributed by atoms with E-state index in [4.69, 9.17) is 0 Å². The van der Waals surface area contributed by atoms with Crippen molar-refractivity contribution in [3.63, 3.8) is 0 Å². The van der Waals surface area contributed by atoms with Crippen LogP contribution in [-0.4, -0.2) is 35.0 Å². The van der Waals surface area contributed by atoms with E-state index in [-0.39, 0.29) is 5.91 Å². The van der Waals surface area contributed by atoms with Crippen LogP contribution in [0.25, 0.3) is 0 Å². The second-order valence-corrected chi connectivity index (χ2v) is 5.05. The molecule has 4 heteroatoms. The first-order valence-electron chi connectivity index (χ1n) is 6.87. The van der Waals surface area contributed by atoms with Gasteiger partial charge in [-0.2, -0.15) is 0 Å². The van der Waals surface area contributed by atoms with E-state index in [2.05, 4.69) is 0 Å². The second kappa shape index (κ2) is 7.12. The summed E-state index contributed by atoms with van der Waals surface area (Å²) in [4.78, 5) is 25.0. The molecular weight excluding hydrogens is 242 g/mol. The fourth-order valence-corrected chi connectivity index (χ4v) is 2.56. The number of aliphatic carboxylic acids is 1. The van der Waals surface area contributed by atoms with Crippen molar-refractivity contribution >= 4 is 11.9 Å². The lowest BCUT2D eigenvalue weighted by atomic mass is 9.75. The zero-order valence-electron chi connectivity index (χ0n) is 11.8. The molecule has 1 aliphatic heterocycles. The number of carbonyl (C=O) groups is 2. The number of amides is 1. The molecule has 0 unspecified atom stereocenters. The summed E-state index contributed by atoms with van der Waals surface area (Å²) in [6.45, 7) is 4.96. The fraction of sp³-hybridized carbons (Fsp3) is 0.600. The zero-order chi connectivity index (χ0) is 14.3. The number of likely N-dealkylation sites (tertiary alicyclic amines) is 1. The number of carboxylic acids is 1. The normalized spacial score (nSPS) is 19.2. The van der Waals surface area contributed by atoms with Crippen molar-refractivity contribution in [1.82, 2.24) is 4.90 Å². The second-order valence-electron chi connectivity index (χ2n) is 5.05. The van der Waals surface area contributed by atoms with E-state index >= 15 is 0 Å². The number of carbonyl (C=O) groups excluding carboxylic acids is 1. The van der Waals surface area contributed by atoms with Crippen molar-refractivity contribution in [3.8, 4) is 0 Å². The SMILES string of the molecule is C/C=C/C=C/C(=O)N1CCC(CCC)(C(=O)O)CC1. The molecule has 1 heterocycles. The average molecular weight is 265 g/mol. The van der Waals surface area contributed by atoms with Gasteiger partial charge in [0.05, 0.1) is 5.41 Å². The molecule has 1 rings (SSSR count). The molecule has 4 nitrogen and oxygen atoms in total. The Labute approximate surface area is 114 Å².